The number of methoxy groups -OCH3 is 1. The fourth-order valence-corrected chi connectivity index (χ4v) is 2.19. The van der Waals surface area contributed by atoms with Gasteiger partial charge in [0, 0.05) is 19.1 Å². The maximum absolute atomic E-state index is 12.3. The minimum atomic E-state index is 0.0117. The number of amides is 1. The fourth-order valence-electron chi connectivity index (χ4n) is 2.19. The van der Waals surface area contributed by atoms with Crippen molar-refractivity contribution in [2.24, 2.45) is 5.73 Å². The van der Waals surface area contributed by atoms with Crippen LogP contribution in [0.1, 0.15) is 23.2 Å². The summed E-state index contributed by atoms with van der Waals surface area (Å²) >= 11 is 0. The molecule has 2 rings (SSSR count). The Kier molecular flexibility index (Phi) is 3.64. The molecule has 0 spiro atoms. The summed E-state index contributed by atoms with van der Waals surface area (Å²) in [5, 5.41) is 0. The molecule has 2 N–H and O–H groups in total. The highest BCUT2D eigenvalue weighted by Crippen LogP contribution is 2.21. The van der Waals surface area contributed by atoms with Crippen molar-refractivity contribution in [3.05, 3.63) is 29.8 Å². The van der Waals surface area contributed by atoms with Crippen molar-refractivity contribution in [2.75, 3.05) is 20.2 Å². The van der Waals surface area contributed by atoms with E-state index in [1.807, 2.05) is 17.0 Å². The summed E-state index contributed by atoms with van der Waals surface area (Å²) in [7, 11) is 1.58. The first-order chi connectivity index (χ1) is 8.22. The molecule has 1 heterocycles. The van der Waals surface area contributed by atoms with E-state index in [4.69, 9.17) is 10.5 Å². The zero-order valence-electron chi connectivity index (χ0n) is 10.1. The van der Waals surface area contributed by atoms with Crippen molar-refractivity contribution in [1.82, 2.24) is 4.90 Å². The van der Waals surface area contributed by atoms with Gasteiger partial charge in [0.2, 0.25) is 0 Å². The Morgan fingerprint density at radius 2 is 2.24 bits per heavy atom. The summed E-state index contributed by atoms with van der Waals surface area (Å²) in [5.41, 5.74) is 6.50. The quantitative estimate of drug-likeness (QED) is 0.838. The number of likely N-dealkylation sites (tertiary alicyclic amines) is 1. The van der Waals surface area contributed by atoms with E-state index in [0.717, 1.165) is 19.4 Å². The lowest BCUT2D eigenvalue weighted by Gasteiger charge is -2.31. The van der Waals surface area contributed by atoms with Crippen LogP contribution in [0, 0.1) is 0 Å². The van der Waals surface area contributed by atoms with E-state index in [1.165, 1.54) is 0 Å². The molecule has 0 radical (unpaired) electrons. The predicted octanol–water partition coefficient (Wildman–Crippen LogP) is 1.26. The summed E-state index contributed by atoms with van der Waals surface area (Å²) < 4.78 is 5.21. The standard InChI is InChI=1S/C13H18N2O2/c1-17-12-7-3-2-6-11(12)13(16)15-8-4-5-10(14)9-15/h2-3,6-7,10H,4-5,8-9,14H2,1H3. The van der Waals surface area contributed by atoms with E-state index in [2.05, 4.69) is 0 Å². The van der Waals surface area contributed by atoms with Crippen molar-refractivity contribution in [3.8, 4) is 5.75 Å². The van der Waals surface area contributed by atoms with Gasteiger partial charge in [0.25, 0.3) is 5.91 Å². The number of hydrogen-bond acceptors (Lipinski definition) is 3. The lowest BCUT2D eigenvalue weighted by molar-refractivity contribution is 0.0705. The lowest BCUT2D eigenvalue weighted by atomic mass is 10.0. The van der Waals surface area contributed by atoms with Gasteiger partial charge in [-0.2, -0.15) is 0 Å². The van der Waals surface area contributed by atoms with E-state index >= 15 is 0 Å². The molecule has 1 aliphatic heterocycles. The van der Waals surface area contributed by atoms with E-state index in [-0.39, 0.29) is 11.9 Å². The van der Waals surface area contributed by atoms with Gasteiger partial charge in [-0.25, -0.2) is 0 Å². The van der Waals surface area contributed by atoms with Gasteiger partial charge in [-0.1, -0.05) is 12.1 Å². The monoisotopic (exact) mass is 234 g/mol. The second-order valence-electron chi connectivity index (χ2n) is 4.35. The zero-order chi connectivity index (χ0) is 12.3. The van der Waals surface area contributed by atoms with Crippen molar-refractivity contribution in [2.45, 2.75) is 18.9 Å². The van der Waals surface area contributed by atoms with Gasteiger partial charge >= 0.3 is 0 Å². The number of hydrogen-bond donors (Lipinski definition) is 1. The lowest BCUT2D eigenvalue weighted by Crippen LogP contribution is -2.45. The summed E-state index contributed by atoms with van der Waals surface area (Å²) in [6.45, 7) is 1.42. The average Bonchev–Trinajstić information content (AvgIpc) is 2.38. The third kappa shape index (κ3) is 2.58. The van der Waals surface area contributed by atoms with E-state index < -0.39 is 0 Å². The van der Waals surface area contributed by atoms with Crippen LogP contribution in [-0.4, -0.2) is 37.0 Å². The van der Waals surface area contributed by atoms with Crippen LogP contribution >= 0.6 is 0 Å². The van der Waals surface area contributed by atoms with Gasteiger partial charge in [-0.3, -0.25) is 4.79 Å². The van der Waals surface area contributed by atoms with Crippen LogP contribution in [-0.2, 0) is 0 Å². The Bertz CT molecular complexity index is 406. The minimum absolute atomic E-state index is 0.0117. The molecule has 4 heteroatoms. The smallest absolute Gasteiger partial charge is 0.257 e. The first kappa shape index (κ1) is 11.9. The number of ether oxygens (including phenoxy) is 1. The molecule has 17 heavy (non-hydrogen) atoms. The normalized spacial score (nSPS) is 20.1. The molecule has 0 bridgehead atoms. The molecule has 0 saturated carbocycles. The molecule has 1 aromatic carbocycles. The Morgan fingerprint density at radius 3 is 2.94 bits per heavy atom. The first-order valence-electron chi connectivity index (χ1n) is 5.90. The molecule has 1 fully saturated rings. The highest BCUT2D eigenvalue weighted by molar-refractivity contribution is 5.97. The third-order valence-corrected chi connectivity index (χ3v) is 3.08. The molecule has 92 valence electrons. The van der Waals surface area contributed by atoms with Gasteiger partial charge in [0.15, 0.2) is 0 Å². The molecule has 0 aliphatic carbocycles. The van der Waals surface area contributed by atoms with E-state index in [9.17, 15) is 4.79 Å². The SMILES string of the molecule is COc1ccccc1C(=O)N1CCCC(N)C1. The number of nitrogens with two attached hydrogens (primary N) is 1. The van der Waals surface area contributed by atoms with Crippen molar-refractivity contribution >= 4 is 5.91 Å². The summed E-state index contributed by atoms with van der Waals surface area (Å²) in [4.78, 5) is 14.1. The average molecular weight is 234 g/mol. The fraction of sp³-hybridized carbons (Fsp3) is 0.462. The number of benzene rings is 1. The summed E-state index contributed by atoms with van der Waals surface area (Å²) in [6, 6.07) is 7.40. The molecule has 1 saturated heterocycles. The molecular weight excluding hydrogens is 216 g/mol. The van der Waals surface area contributed by atoms with Crippen molar-refractivity contribution < 1.29 is 9.53 Å². The molecule has 1 atom stereocenters. The van der Waals surface area contributed by atoms with Gasteiger partial charge in [-0.05, 0) is 25.0 Å². The second-order valence-corrected chi connectivity index (χ2v) is 4.35. The maximum Gasteiger partial charge on any atom is 0.257 e. The van der Waals surface area contributed by atoms with Gasteiger partial charge < -0.3 is 15.4 Å². The molecule has 1 aliphatic rings. The van der Waals surface area contributed by atoms with Gasteiger partial charge in [0.1, 0.15) is 5.75 Å². The number of rotatable bonds is 2. The van der Waals surface area contributed by atoms with Gasteiger partial charge in [0.05, 0.1) is 12.7 Å². The van der Waals surface area contributed by atoms with E-state index in [0.29, 0.717) is 17.9 Å². The van der Waals surface area contributed by atoms with Crippen LogP contribution in [0.15, 0.2) is 24.3 Å². The molecular formula is C13H18N2O2. The molecule has 1 aromatic rings. The van der Waals surface area contributed by atoms with Crippen LogP contribution < -0.4 is 10.5 Å². The summed E-state index contributed by atoms with van der Waals surface area (Å²) in [6.07, 6.45) is 1.97. The predicted molar refractivity (Wildman–Crippen MR) is 66.1 cm³/mol. The molecule has 4 nitrogen and oxygen atoms in total. The second kappa shape index (κ2) is 5.19. The summed E-state index contributed by atoms with van der Waals surface area (Å²) in [5.74, 6) is 0.634. The largest absolute Gasteiger partial charge is 0.496 e. The Labute approximate surface area is 101 Å². The topological polar surface area (TPSA) is 55.6 Å². The maximum atomic E-state index is 12.3. The van der Waals surface area contributed by atoms with Gasteiger partial charge in [-0.15, -0.1) is 0 Å². The Hall–Kier alpha value is -1.55. The van der Waals surface area contributed by atoms with Crippen LogP contribution in [0.4, 0.5) is 0 Å². The third-order valence-electron chi connectivity index (χ3n) is 3.08. The highest BCUT2D eigenvalue weighted by atomic mass is 16.5. The number of carbonyl (C=O) groups is 1. The van der Waals surface area contributed by atoms with Crippen LogP contribution in [0.25, 0.3) is 0 Å². The van der Waals surface area contributed by atoms with Crippen LogP contribution in [0.2, 0.25) is 0 Å². The van der Waals surface area contributed by atoms with Crippen molar-refractivity contribution in [1.29, 1.82) is 0 Å². The number of piperidine rings is 1. The first-order valence-corrected chi connectivity index (χ1v) is 5.90. The molecule has 1 amide bonds. The number of carbonyl (C=O) groups excluding carboxylic acids is 1. The number of nitrogens with zero attached hydrogens (tertiary/aromatic N) is 1. The van der Waals surface area contributed by atoms with E-state index in [1.54, 1.807) is 19.2 Å². The van der Waals surface area contributed by atoms with Crippen LogP contribution in [0.5, 0.6) is 5.75 Å². The molecule has 0 aromatic heterocycles. The minimum Gasteiger partial charge on any atom is -0.496 e. The number of para-hydroxylation sites is 1. The Morgan fingerprint density at radius 1 is 1.47 bits per heavy atom. The zero-order valence-corrected chi connectivity index (χ0v) is 10.1. The Balaban J connectivity index is 2.18. The molecule has 1 unspecified atom stereocenters. The van der Waals surface area contributed by atoms with Crippen molar-refractivity contribution in [3.63, 3.8) is 0 Å². The van der Waals surface area contributed by atoms with Crippen LogP contribution in [0.3, 0.4) is 0 Å². The highest BCUT2D eigenvalue weighted by Gasteiger charge is 2.24.